The molecule has 0 spiro atoms. The summed E-state index contributed by atoms with van der Waals surface area (Å²) >= 11 is 1.04. The molecule has 0 saturated heterocycles. The second-order valence-electron chi connectivity index (χ2n) is 5.23. The lowest BCUT2D eigenvalue weighted by Crippen LogP contribution is -2.20. The first-order chi connectivity index (χ1) is 11.2. The number of hydrogen-bond acceptors (Lipinski definition) is 5. The molecule has 9 heteroatoms. The number of sulfone groups is 1. The molecule has 2 aliphatic heterocycles. The standard InChI is InChI=1S/C15H11F3O4S2/c16-15(17,18)10-3-1-2-9(8-10)13(19)22-12-4-6-23-14-11(12)5-7-24(14,20)21/h1-4,6,8,12H,5,7H2. The Hall–Kier alpha value is -1.74. The molecule has 0 saturated carbocycles. The highest BCUT2D eigenvalue weighted by molar-refractivity contribution is 8.20. The Kier molecular flexibility index (Phi) is 4.25. The van der Waals surface area contributed by atoms with Crippen molar-refractivity contribution >= 4 is 27.6 Å². The van der Waals surface area contributed by atoms with E-state index >= 15 is 0 Å². The summed E-state index contributed by atoms with van der Waals surface area (Å²) in [6.45, 7) is 0. The lowest BCUT2D eigenvalue weighted by molar-refractivity contribution is -0.137. The van der Waals surface area contributed by atoms with Crippen molar-refractivity contribution in [1.82, 2.24) is 0 Å². The fourth-order valence-corrected chi connectivity index (χ4v) is 5.46. The fraction of sp³-hybridized carbons (Fsp3) is 0.267. The molecule has 0 fully saturated rings. The van der Waals surface area contributed by atoms with E-state index in [9.17, 15) is 26.4 Å². The van der Waals surface area contributed by atoms with Crippen LogP contribution in [0, 0.1) is 0 Å². The highest BCUT2D eigenvalue weighted by atomic mass is 32.3. The first kappa shape index (κ1) is 17.1. The number of alkyl halides is 3. The van der Waals surface area contributed by atoms with E-state index in [2.05, 4.69) is 0 Å². The Morgan fingerprint density at radius 1 is 1.29 bits per heavy atom. The second kappa shape index (κ2) is 5.96. The van der Waals surface area contributed by atoms with Gasteiger partial charge in [-0.1, -0.05) is 17.8 Å². The molecule has 1 unspecified atom stereocenters. The number of carbonyl (C=O) groups excluding carboxylic acids is 1. The van der Waals surface area contributed by atoms with Gasteiger partial charge in [0.15, 0.2) is 9.84 Å². The largest absolute Gasteiger partial charge is 0.450 e. The van der Waals surface area contributed by atoms with Gasteiger partial charge in [0, 0.05) is 5.57 Å². The summed E-state index contributed by atoms with van der Waals surface area (Å²) in [5, 5.41) is 1.51. The van der Waals surface area contributed by atoms with Gasteiger partial charge in [0.2, 0.25) is 0 Å². The Morgan fingerprint density at radius 2 is 2.04 bits per heavy atom. The van der Waals surface area contributed by atoms with Crippen LogP contribution in [0.5, 0.6) is 0 Å². The smallest absolute Gasteiger partial charge is 0.416 e. The van der Waals surface area contributed by atoms with E-state index in [0.717, 1.165) is 23.9 Å². The van der Waals surface area contributed by atoms with Crippen molar-refractivity contribution in [2.75, 3.05) is 5.75 Å². The molecule has 0 N–H and O–H groups in total. The third-order valence-electron chi connectivity index (χ3n) is 3.62. The van der Waals surface area contributed by atoms with Crippen molar-refractivity contribution in [3.63, 3.8) is 0 Å². The molecule has 24 heavy (non-hydrogen) atoms. The zero-order valence-corrected chi connectivity index (χ0v) is 13.7. The SMILES string of the molecule is O=C(OC1C=CSC2=C1CCS2(=O)=O)c1cccc(C(F)(F)F)c1. The normalized spacial score (nSPS) is 22.4. The Labute approximate surface area is 140 Å². The molecule has 4 nitrogen and oxygen atoms in total. The van der Waals surface area contributed by atoms with Crippen LogP contribution in [0.3, 0.4) is 0 Å². The van der Waals surface area contributed by atoms with E-state index in [4.69, 9.17) is 4.74 Å². The van der Waals surface area contributed by atoms with Gasteiger partial charge in [-0.05, 0) is 36.1 Å². The molecule has 0 bridgehead atoms. The van der Waals surface area contributed by atoms with Crippen LogP contribution < -0.4 is 0 Å². The summed E-state index contributed by atoms with van der Waals surface area (Å²) in [6, 6.07) is 3.92. The van der Waals surface area contributed by atoms with Crippen LogP contribution in [0.4, 0.5) is 13.2 Å². The van der Waals surface area contributed by atoms with Gasteiger partial charge < -0.3 is 4.74 Å². The predicted molar refractivity (Wildman–Crippen MR) is 82.8 cm³/mol. The van der Waals surface area contributed by atoms with E-state index in [1.165, 1.54) is 17.6 Å². The quantitative estimate of drug-likeness (QED) is 0.739. The number of thioether (sulfide) groups is 1. The molecule has 128 valence electrons. The van der Waals surface area contributed by atoms with Gasteiger partial charge in [-0.2, -0.15) is 13.2 Å². The highest BCUT2D eigenvalue weighted by Gasteiger charge is 2.36. The molecule has 0 radical (unpaired) electrons. The van der Waals surface area contributed by atoms with Gasteiger partial charge in [0.05, 0.1) is 16.9 Å². The fourth-order valence-electron chi connectivity index (χ4n) is 2.45. The molecular weight excluding hydrogens is 365 g/mol. The lowest BCUT2D eigenvalue weighted by Gasteiger charge is -2.19. The molecule has 1 aromatic carbocycles. The molecule has 2 aliphatic rings. The molecule has 1 atom stereocenters. The maximum atomic E-state index is 12.7. The maximum absolute atomic E-state index is 12.7. The highest BCUT2D eigenvalue weighted by Crippen LogP contribution is 2.41. The van der Waals surface area contributed by atoms with Crippen molar-refractivity contribution in [2.45, 2.75) is 18.7 Å². The van der Waals surface area contributed by atoms with Gasteiger partial charge in [-0.15, -0.1) is 0 Å². The van der Waals surface area contributed by atoms with Crippen LogP contribution in [0.15, 0.2) is 45.6 Å². The average Bonchev–Trinajstić information content (AvgIpc) is 2.83. The van der Waals surface area contributed by atoms with Crippen molar-refractivity contribution in [3.8, 4) is 0 Å². The van der Waals surface area contributed by atoms with E-state index < -0.39 is 33.7 Å². The molecule has 1 aromatic rings. The van der Waals surface area contributed by atoms with Crippen LogP contribution in [-0.2, 0) is 20.8 Å². The van der Waals surface area contributed by atoms with Crippen molar-refractivity contribution in [3.05, 3.63) is 56.7 Å². The molecule has 0 aromatic heterocycles. The lowest BCUT2D eigenvalue weighted by atomic mass is 10.1. The Balaban J connectivity index is 1.83. The number of hydrogen-bond donors (Lipinski definition) is 0. The topological polar surface area (TPSA) is 60.4 Å². The summed E-state index contributed by atoms with van der Waals surface area (Å²) in [5.74, 6) is -0.983. The predicted octanol–water partition coefficient (Wildman–Crippen LogP) is 3.52. The zero-order chi connectivity index (χ0) is 17.5. The summed E-state index contributed by atoms with van der Waals surface area (Å²) in [7, 11) is -3.36. The number of esters is 1. The summed E-state index contributed by atoms with van der Waals surface area (Å²) in [5.41, 5.74) is -0.711. The van der Waals surface area contributed by atoms with E-state index in [1.807, 2.05) is 0 Å². The number of ether oxygens (including phenoxy) is 1. The third-order valence-corrected chi connectivity index (χ3v) is 7.00. The van der Waals surface area contributed by atoms with Gasteiger partial charge in [-0.25, -0.2) is 13.2 Å². The number of halogens is 3. The maximum Gasteiger partial charge on any atom is 0.416 e. The van der Waals surface area contributed by atoms with Gasteiger partial charge in [0.25, 0.3) is 0 Å². The Morgan fingerprint density at radius 3 is 2.75 bits per heavy atom. The summed E-state index contributed by atoms with van der Waals surface area (Å²) < 4.78 is 67.3. The number of carbonyl (C=O) groups is 1. The average molecular weight is 376 g/mol. The third kappa shape index (κ3) is 3.23. The van der Waals surface area contributed by atoms with Crippen molar-refractivity contribution in [2.24, 2.45) is 0 Å². The minimum absolute atomic E-state index is 0.0516. The zero-order valence-electron chi connectivity index (χ0n) is 12.0. The minimum Gasteiger partial charge on any atom is -0.450 e. The Bertz CT molecular complexity index is 854. The minimum atomic E-state index is -4.56. The van der Waals surface area contributed by atoms with Gasteiger partial charge in [-0.3, -0.25) is 0 Å². The molecule has 0 amide bonds. The first-order valence-electron chi connectivity index (χ1n) is 6.86. The van der Waals surface area contributed by atoms with Crippen molar-refractivity contribution < 1.29 is 31.1 Å². The second-order valence-corrected chi connectivity index (χ2v) is 8.45. The monoisotopic (exact) mass is 376 g/mol. The molecule has 3 rings (SSSR count). The van der Waals surface area contributed by atoms with Crippen LogP contribution in [0.2, 0.25) is 0 Å². The number of rotatable bonds is 2. The van der Waals surface area contributed by atoms with Crippen LogP contribution in [-0.4, -0.2) is 26.2 Å². The van der Waals surface area contributed by atoms with Crippen LogP contribution in [0.1, 0.15) is 22.3 Å². The number of benzene rings is 1. The summed E-state index contributed by atoms with van der Waals surface area (Å²) in [4.78, 5) is 12.1. The molecule has 0 aliphatic carbocycles. The van der Waals surface area contributed by atoms with E-state index in [1.54, 1.807) is 0 Å². The van der Waals surface area contributed by atoms with E-state index in [-0.39, 0.29) is 22.0 Å². The molecule has 2 heterocycles. The summed E-state index contributed by atoms with van der Waals surface area (Å²) in [6.07, 6.45) is -3.67. The van der Waals surface area contributed by atoms with E-state index in [0.29, 0.717) is 11.6 Å². The van der Waals surface area contributed by atoms with Crippen molar-refractivity contribution in [1.29, 1.82) is 0 Å². The first-order valence-corrected chi connectivity index (χ1v) is 9.39. The van der Waals surface area contributed by atoms with Crippen LogP contribution in [0.25, 0.3) is 0 Å². The van der Waals surface area contributed by atoms with Gasteiger partial charge in [0.1, 0.15) is 10.3 Å². The van der Waals surface area contributed by atoms with Gasteiger partial charge >= 0.3 is 12.1 Å². The molecular formula is C15H11F3O4S2. The van der Waals surface area contributed by atoms with Crippen LogP contribution >= 0.6 is 11.8 Å².